The van der Waals surface area contributed by atoms with Crippen molar-refractivity contribution >= 4 is 23.3 Å². The molecule has 3 rings (SSSR count). The first-order chi connectivity index (χ1) is 8.25. The number of fused-ring (bicyclic) bond motifs is 1. The molecule has 1 aliphatic heterocycles. The highest BCUT2D eigenvalue weighted by Crippen LogP contribution is 2.25. The van der Waals surface area contributed by atoms with Crippen LogP contribution in [-0.4, -0.2) is 22.6 Å². The Bertz CT molecular complexity index is 595. The van der Waals surface area contributed by atoms with E-state index in [2.05, 4.69) is 14.9 Å². The SMILES string of the molecule is Fc1ccc2c(c1)[nH]c(=S)n2C1CCNCC1. The Kier molecular flexibility index (Phi) is 2.72. The number of aromatic amines is 1. The van der Waals surface area contributed by atoms with Crippen molar-refractivity contribution in [2.75, 3.05) is 13.1 Å². The predicted molar refractivity (Wildman–Crippen MR) is 68.2 cm³/mol. The minimum Gasteiger partial charge on any atom is -0.330 e. The van der Waals surface area contributed by atoms with Gasteiger partial charge in [0, 0.05) is 6.04 Å². The molecule has 1 saturated heterocycles. The van der Waals surface area contributed by atoms with Crippen molar-refractivity contribution in [1.82, 2.24) is 14.9 Å². The van der Waals surface area contributed by atoms with E-state index in [0.717, 1.165) is 37.0 Å². The number of hydrogen-bond donors (Lipinski definition) is 2. The van der Waals surface area contributed by atoms with Crippen LogP contribution in [0, 0.1) is 10.6 Å². The largest absolute Gasteiger partial charge is 0.330 e. The van der Waals surface area contributed by atoms with Crippen LogP contribution in [0.3, 0.4) is 0 Å². The molecule has 0 unspecified atom stereocenters. The van der Waals surface area contributed by atoms with Crippen LogP contribution in [-0.2, 0) is 0 Å². The number of aromatic nitrogens is 2. The van der Waals surface area contributed by atoms with Crippen molar-refractivity contribution in [2.45, 2.75) is 18.9 Å². The third-order valence-electron chi connectivity index (χ3n) is 3.35. The van der Waals surface area contributed by atoms with Gasteiger partial charge in [0.1, 0.15) is 5.82 Å². The monoisotopic (exact) mass is 251 g/mol. The number of halogens is 1. The number of imidazole rings is 1. The number of benzene rings is 1. The maximum absolute atomic E-state index is 13.1. The molecular formula is C12H14FN3S. The van der Waals surface area contributed by atoms with E-state index in [1.807, 2.05) is 0 Å². The highest BCUT2D eigenvalue weighted by atomic mass is 32.1. The van der Waals surface area contributed by atoms with E-state index >= 15 is 0 Å². The molecule has 0 spiro atoms. The molecule has 1 fully saturated rings. The van der Waals surface area contributed by atoms with Crippen LogP contribution < -0.4 is 5.32 Å². The normalized spacial score (nSPS) is 17.7. The average Bonchev–Trinajstić information content (AvgIpc) is 2.65. The topological polar surface area (TPSA) is 32.8 Å². The van der Waals surface area contributed by atoms with Gasteiger partial charge in [0.05, 0.1) is 11.0 Å². The molecule has 2 heterocycles. The number of rotatable bonds is 1. The fourth-order valence-electron chi connectivity index (χ4n) is 2.53. The first kappa shape index (κ1) is 10.9. The summed E-state index contributed by atoms with van der Waals surface area (Å²) < 4.78 is 16.0. The van der Waals surface area contributed by atoms with Crippen molar-refractivity contribution in [2.24, 2.45) is 0 Å². The Hall–Kier alpha value is -1.20. The van der Waals surface area contributed by atoms with Crippen LogP contribution in [0.1, 0.15) is 18.9 Å². The Morgan fingerprint density at radius 2 is 2.06 bits per heavy atom. The fraction of sp³-hybridized carbons (Fsp3) is 0.417. The predicted octanol–water partition coefficient (Wildman–Crippen LogP) is 2.76. The van der Waals surface area contributed by atoms with E-state index in [1.54, 1.807) is 6.07 Å². The number of piperidine rings is 1. The van der Waals surface area contributed by atoms with Crippen LogP contribution in [0.25, 0.3) is 11.0 Å². The van der Waals surface area contributed by atoms with Crippen LogP contribution in [0.15, 0.2) is 18.2 Å². The van der Waals surface area contributed by atoms with E-state index in [-0.39, 0.29) is 5.82 Å². The molecule has 0 atom stereocenters. The highest BCUT2D eigenvalue weighted by Gasteiger charge is 2.18. The maximum atomic E-state index is 13.1. The van der Waals surface area contributed by atoms with Gasteiger partial charge in [-0.2, -0.15) is 0 Å². The summed E-state index contributed by atoms with van der Waals surface area (Å²) in [5.41, 5.74) is 1.79. The Morgan fingerprint density at radius 3 is 2.82 bits per heavy atom. The molecule has 90 valence electrons. The molecule has 0 radical (unpaired) electrons. The second-order valence-electron chi connectivity index (χ2n) is 4.44. The maximum Gasteiger partial charge on any atom is 0.178 e. The summed E-state index contributed by atoms with van der Waals surface area (Å²) >= 11 is 5.34. The molecule has 1 aromatic heterocycles. The minimum atomic E-state index is -0.230. The number of nitrogens with one attached hydrogen (secondary N) is 2. The molecule has 3 nitrogen and oxygen atoms in total. The summed E-state index contributed by atoms with van der Waals surface area (Å²) in [4.78, 5) is 3.08. The number of nitrogens with zero attached hydrogens (tertiary/aromatic N) is 1. The molecule has 1 aliphatic rings. The van der Waals surface area contributed by atoms with Crippen LogP contribution in [0.2, 0.25) is 0 Å². The Balaban J connectivity index is 2.14. The van der Waals surface area contributed by atoms with Crippen LogP contribution >= 0.6 is 12.2 Å². The molecule has 0 aliphatic carbocycles. The van der Waals surface area contributed by atoms with Gasteiger partial charge in [-0.3, -0.25) is 0 Å². The third kappa shape index (κ3) is 1.89. The zero-order chi connectivity index (χ0) is 11.8. The lowest BCUT2D eigenvalue weighted by molar-refractivity contribution is 0.372. The summed E-state index contributed by atoms with van der Waals surface area (Å²) in [6.45, 7) is 2.03. The Labute approximate surface area is 104 Å². The highest BCUT2D eigenvalue weighted by molar-refractivity contribution is 7.71. The van der Waals surface area contributed by atoms with Crippen LogP contribution in [0.4, 0.5) is 4.39 Å². The fourth-order valence-corrected chi connectivity index (χ4v) is 2.89. The molecule has 1 aromatic carbocycles. The van der Waals surface area contributed by atoms with E-state index in [9.17, 15) is 4.39 Å². The summed E-state index contributed by atoms with van der Waals surface area (Å²) in [7, 11) is 0. The second-order valence-corrected chi connectivity index (χ2v) is 4.83. The van der Waals surface area contributed by atoms with Gasteiger partial charge in [-0.1, -0.05) is 0 Å². The molecule has 17 heavy (non-hydrogen) atoms. The molecule has 5 heteroatoms. The number of H-pyrrole nitrogens is 1. The van der Waals surface area contributed by atoms with E-state index in [4.69, 9.17) is 12.2 Å². The van der Waals surface area contributed by atoms with Crippen molar-refractivity contribution < 1.29 is 4.39 Å². The molecular weight excluding hydrogens is 237 g/mol. The number of hydrogen-bond acceptors (Lipinski definition) is 2. The summed E-state index contributed by atoms with van der Waals surface area (Å²) in [6.07, 6.45) is 2.14. The minimum absolute atomic E-state index is 0.230. The second kappa shape index (κ2) is 4.23. The Morgan fingerprint density at radius 1 is 1.29 bits per heavy atom. The molecule has 0 bridgehead atoms. The lowest BCUT2D eigenvalue weighted by Crippen LogP contribution is -2.29. The summed E-state index contributed by atoms with van der Waals surface area (Å²) in [5.74, 6) is -0.230. The molecule has 0 saturated carbocycles. The molecule has 2 aromatic rings. The van der Waals surface area contributed by atoms with Gasteiger partial charge >= 0.3 is 0 Å². The quantitative estimate of drug-likeness (QED) is 0.764. The van der Waals surface area contributed by atoms with Gasteiger partial charge in [0.2, 0.25) is 0 Å². The first-order valence-corrected chi connectivity index (χ1v) is 6.27. The standard InChI is InChI=1S/C12H14FN3S/c13-8-1-2-11-10(7-8)15-12(17)16(11)9-3-5-14-6-4-9/h1-2,7,9,14H,3-6H2,(H,15,17). The summed E-state index contributed by atoms with van der Waals surface area (Å²) in [6, 6.07) is 5.22. The van der Waals surface area contributed by atoms with Gasteiger partial charge in [0.15, 0.2) is 4.77 Å². The molecule has 2 N–H and O–H groups in total. The van der Waals surface area contributed by atoms with E-state index in [1.165, 1.54) is 12.1 Å². The van der Waals surface area contributed by atoms with Gasteiger partial charge in [-0.05, 0) is 56.3 Å². The molecule has 0 amide bonds. The van der Waals surface area contributed by atoms with Crippen molar-refractivity contribution in [1.29, 1.82) is 0 Å². The third-order valence-corrected chi connectivity index (χ3v) is 3.65. The first-order valence-electron chi connectivity index (χ1n) is 5.86. The lowest BCUT2D eigenvalue weighted by atomic mass is 10.1. The van der Waals surface area contributed by atoms with E-state index in [0.29, 0.717) is 10.8 Å². The van der Waals surface area contributed by atoms with Gasteiger partial charge in [0.25, 0.3) is 0 Å². The van der Waals surface area contributed by atoms with Gasteiger partial charge < -0.3 is 14.9 Å². The van der Waals surface area contributed by atoms with Crippen LogP contribution in [0.5, 0.6) is 0 Å². The lowest BCUT2D eigenvalue weighted by Gasteiger charge is -2.24. The van der Waals surface area contributed by atoms with Crippen molar-refractivity contribution in [3.8, 4) is 0 Å². The van der Waals surface area contributed by atoms with E-state index < -0.39 is 0 Å². The zero-order valence-electron chi connectivity index (χ0n) is 9.37. The smallest absolute Gasteiger partial charge is 0.178 e. The average molecular weight is 251 g/mol. The summed E-state index contributed by atoms with van der Waals surface area (Å²) in [5, 5.41) is 3.34. The van der Waals surface area contributed by atoms with Crippen molar-refractivity contribution in [3.63, 3.8) is 0 Å². The zero-order valence-corrected chi connectivity index (χ0v) is 10.2. The van der Waals surface area contributed by atoms with Gasteiger partial charge in [-0.25, -0.2) is 4.39 Å². The van der Waals surface area contributed by atoms with Gasteiger partial charge in [-0.15, -0.1) is 0 Å². The van der Waals surface area contributed by atoms with Crippen molar-refractivity contribution in [3.05, 3.63) is 28.8 Å².